The summed E-state index contributed by atoms with van der Waals surface area (Å²) in [6, 6.07) is 50.9. The van der Waals surface area contributed by atoms with E-state index in [2.05, 4.69) is 162 Å². The first kappa shape index (κ1) is 35.6. The van der Waals surface area contributed by atoms with E-state index in [1.807, 2.05) is 50.2 Å². The summed E-state index contributed by atoms with van der Waals surface area (Å²) >= 11 is 0. The van der Waals surface area contributed by atoms with Gasteiger partial charge in [-0.15, -0.1) is 0 Å². The molecule has 236 valence electrons. The summed E-state index contributed by atoms with van der Waals surface area (Å²) in [4.78, 5) is 0. The Morgan fingerprint density at radius 3 is 1.37 bits per heavy atom. The van der Waals surface area contributed by atoms with Gasteiger partial charge in [0.15, 0.2) is 0 Å². The SMILES string of the molecule is CC.Cc1ccc(C)c(-c2ccccc2C)c1.Cc1ccc2c(c1)c1ccccc1n2C.Cc1ccccc1.Cc1ccccc1. The second-order valence-electron chi connectivity index (χ2n) is 11.5. The van der Waals surface area contributed by atoms with E-state index in [1.165, 1.54) is 66.3 Å². The maximum Gasteiger partial charge on any atom is 0.0488 e. The summed E-state index contributed by atoms with van der Waals surface area (Å²) in [5.74, 6) is 0. The molecule has 46 heavy (non-hydrogen) atoms. The Morgan fingerprint density at radius 1 is 0.348 bits per heavy atom. The van der Waals surface area contributed by atoms with Crippen molar-refractivity contribution in [1.29, 1.82) is 0 Å². The molecule has 1 aromatic heterocycles. The van der Waals surface area contributed by atoms with Gasteiger partial charge in [0, 0.05) is 28.9 Å². The summed E-state index contributed by atoms with van der Waals surface area (Å²) in [6.45, 7) is 16.8. The number of benzene rings is 6. The van der Waals surface area contributed by atoms with Crippen LogP contribution in [0.4, 0.5) is 0 Å². The first-order valence-electron chi connectivity index (χ1n) is 16.3. The van der Waals surface area contributed by atoms with E-state index in [0.29, 0.717) is 0 Å². The van der Waals surface area contributed by atoms with Crippen LogP contribution in [-0.4, -0.2) is 4.57 Å². The zero-order valence-corrected chi connectivity index (χ0v) is 29.3. The van der Waals surface area contributed by atoms with Gasteiger partial charge in [-0.05, 0) is 82.0 Å². The highest BCUT2D eigenvalue weighted by Gasteiger charge is 2.06. The van der Waals surface area contributed by atoms with Crippen LogP contribution in [0.15, 0.2) is 146 Å². The van der Waals surface area contributed by atoms with Crippen LogP contribution in [0.5, 0.6) is 0 Å². The molecule has 0 radical (unpaired) electrons. The highest BCUT2D eigenvalue weighted by atomic mass is 14.9. The lowest BCUT2D eigenvalue weighted by molar-refractivity contribution is 1.01. The summed E-state index contributed by atoms with van der Waals surface area (Å²) in [6.07, 6.45) is 0. The minimum absolute atomic E-state index is 1.30. The predicted molar refractivity (Wildman–Crippen MR) is 205 cm³/mol. The average Bonchev–Trinajstić information content (AvgIpc) is 3.36. The Hall–Kier alpha value is -4.88. The third-order valence-electron chi connectivity index (χ3n) is 7.78. The van der Waals surface area contributed by atoms with Crippen molar-refractivity contribution in [2.45, 2.75) is 55.4 Å². The van der Waals surface area contributed by atoms with E-state index in [4.69, 9.17) is 0 Å². The van der Waals surface area contributed by atoms with Gasteiger partial charge in [0.25, 0.3) is 0 Å². The molecule has 1 nitrogen and oxygen atoms in total. The van der Waals surface area contributed by atoms with Crippen LogP contribution >= 0.6 is 0 Å². The summed E-state index contributed by atoms with van der Waals surface area (Å²) in [7, 11) is 2.12. The van der Waals surface area contributed by atoms with Crippen molar-refractivity contribution in [3.8, 4) is 11.1 Å². The highest BCUT2D eigenvalue weighted by molar-refractivity contribution is 6.08. The van der Waals surface area contributed by atoms with Crippen molar-refractivity contribution < 1.29 is 0 Å². The van der Waals surface area contributed by atoms with Crippen molar-refractivity contribution in [2.75, 3.05) is 0 Å². The second kappa shape index (κ2) is 18.2. The molecule has 1 heteroatoms. The Balaban J connectivity index is 0.000000174. The van der Waals surface area contributed by atoms with Gasteiger partial charge in [0.2, 0.25) is 0 Å². The monoisotopic (exact) mass is 605 g/mol. The molecule has 7 rings (SSSR count). The maximum atomic E-state index is 2.26. The molecule has 6 aromatic carbocycles. The number of aryl methyl sites for hydroxylation is 7. The van der Waals surface area contributed by atoms with E-state index in [-0.39, 0.29) is 0 Å². The summed E-state index contributed by atoms with van der Waals surface area (Å²) in [5, 5.41) is 2.70. The van der Waals surface area contributed by atoms with Crippen molar-refractivity contribution in [2.24, 2.45) is 7.05 Å². The molecular weight excluding hydrogens is 555 g/mol. The van der Waals surface area contributed by atoms with Gasteiger partial charge in [-0.2, -0.15) is 0 Å². The van der Waals surface area contributed by atoms with Crippen molar-refractivity contribution in [3.63, 3.8) is 0 Å². The molecule has 0 aliphatic heterocycles. The molecule has 0 saturated heterocycles. The van der Waals surface area contributed by atoms with E-state index in [0.717, 1.165) is 0 Å². The third kappa shape index (κ3) is 10.1. The van der Waals surface area contributed by atoms with Gasteiger partial charge in [-0.1, -0.05) is 163 Å². The smallest absolute Gasteiger partial charge is 0.0488 e. The van der Waals surface area contributed by atoms with Crippen LogP contribution in [-0.2, 0) is 7.05 Å². The molecule has 7 aromatic rings. The molecule has 0 fully saturated rings. The molecular formula is C45H51N. The number of nitrogens with zero attached hydrogens (tertiary/aromatic N) is 1. The lowest BCUT2D eigenvalue weighted by atomic mass is 9.95. The standard InChI is InChI=1S/C15H16.C14H13N.2C7H8.C2H6/c1-11-8-9-13(3)15(10-11)14-7-5-4-6-12(14)2;1-10-7-8-14-12(9-10)11-5-3-4-6-13(11)15(14)2;2*1-7-5-3-2-4-6-7;1-2/h4-10H,1-3H3;3-9H,1-2H3;2*2-6H,1H3;1-2H3. The highest BCUT2D eigenvalue weighted by Crippen LogP contribution is 2.29. The number of rotatable bonds is 1. The fourth-order valence-corrected chi connectivity index (χ4v) is 5.25. The van der Waals surface area contributed by atoms with Gasteiger partial charge >= 0.3 is 0 Å². The van der Waals surface area contributed by atoms with Gasteiger partial charge in [-0.25, -0.2) is 0 Å². The lowest BCUT2D eigenvalue weighted by Crippen LogP contribution is -1.87. The number of hydrogen-bond donors (Lipinski definition) is 0. The molecule has 0 unspecified atom stereocenters. The molecule has 0 N–H and O–H groups in total. The van der Waals surface area contributed by atoms with Crippen LogP contribution in [0, 0.1) is 41.5 Å². The molecule has 0 bridgehead atoms. The van der Waals surface area contributed by atoms with Crippen LogP contribution in [0.25, 0.3) is 32.9 Å². The van der Waals surface area contributed by atoms with Gasteiger partial charge in [0.1, 0.15) is 0 Å². The Morgan fingerprint density at radius 2 is 0.804 bits per heavy atom. The molecule has 0 saturated carbocycles. The molecule has 0 amide bonds. The summed E-state index contributed by atoms with van der Waals surface area (Å²) in [5.41, 5.74) is 13.3. The topological polar surface area (TPSA) is 4.93 Å². The molecule has 1 heterocycles. The quantitative estimate of drug-likeness (QED) is 0.175. The van der Waals surface area contributed by atoms with E-state index in [1.54, 1.807) is 0 Å². The van der Waals surface area contributed by atoms with Crippen LogP contribution in [0.2, 0.25) is 0 Å². The largest absolute Gasteiger partial charge is 0.344 e. The van der Waals surface area contributed by atoms with Crippen LogP contribution in [0.3, 0.4) is 0 Å². The number of fused-ring (bicyclic) bond motifs is 3. The number of aromatic nitrogens is 1. The van der Waals surface area contributed by atoms with Crippen molar-refractivity contribution >= 4 is 21.8 Å². The van der Waals surface area contributed by atoms with E-state index >= 15 is 0 Å². The third-order valence-corrected chi connectivity index (χ3v) is 7.78. The van der Waals surface area contributed by atoms with Crippen LogP contribution in [0.1, 0.15) is 47.2 Å². The fourth-order valence-electron chi connectivity index (χ4n) is 5.25. The minimum atomic E-state index is 1.30. The Bertz CT molecular complexity index is 1870. The molecule has 0 spiro atoms. The zero-order chi connectivity index (χ0) is 33.5. The van der Waals surface area contributed by atoms with Gasteiger partial charge in [0.05, 0.1) is 0 Å². The fraction of sp³-hybridized carbons (Fsp3) is 0.200. The first-order chi connectivity index (χ1) is 22.2. The van der Waals surface area contributed by atoms with Gasteiger partial charge < -0.3 is 4.57 Å². The molecule has 0 atom stereocenters. The zero-order valence-electron chi connectivity index (χ0n) is 29.3. The Kier molecular flexibility index (Phi) is 14.1. The van der Waals surface area contributed by atoms with Crippen molar-refractivity contribution in [1.82, 2.24) is 4.57 Å². The summed E-state index contributed by atoms with van der Waals surface area (Å²) < 4.78 is 2.25. The Labute approximate surface area is 278 Å². The molecule has 0 aliphatic rings. The van der Waals surface area contributed by atoms with Gasteiger partial charge in [-0.3, -0.25) is 0 Å². The second-order valence-corrected chi connectivity index (χ2v) is 11.5. The van der Waals surface area contributed by atoms with E-state index < -0.39 is 0 Å². The number of hydrogen-bond acceptors (Lipinski definition) is 0. The minimum Gasteiger partial charge on any atom is -0.344 e. The molecule has 0 aliphatic carbocycles. The first-order valence-corrected chi connectivity index (χ1v) is 16.3. The average molecular weight is 606 g/mol. The maximum absolute atomic E-state index is 2.26. The van der Waals surface area contributed by atoms with Crippen molar-refractivity contribution in [3.05, 3.63) is 179 Å². The normalized spacial score (nSPS) is 9.85. The lowest BCUT2D eigenvalue weighted by Gasteiger charge is -2.09. The van der Waals surface area contributed by atoms with E-state index in [9.17, 15) is 0 Å². The number of para-hydroxylation sites is 1. The predicted octanol–water partition coefficient (Wildman–Crippen LogP) is 12.9. The van der Waals surface area contributed by atoms with Crippen LogP contribution < -0.4 is 0 Å².